The second kappa shape index (κ2) is 3.26. The fraction of sp³-hybridized carbons (Fsp3) is 0. The monoisotopic (exact) mass is 213 g/mol. The number of hydrogen-bond donors (Lipinski definition) is 0. The van der Waals surface area contributed by atoms with Gasteiger partial charge in [0.1, 0.15) is 0 Å². The van der Waals surface area contributed by atoms with Gasteiger partial charge in [0, 0.05) is 21.3 Å². The van der Waals surface area contributed by atoms with Gasteiger partial charge in [-0.1, -0.05) is 30.0 Å². The van der Waals surface area contributed by atoms with Crippen LogP contribution in [0.3, 0.4) is 0 Å². The molecule has 0 aliphatic carbocycles. The minimum absolute atomic E-state index is 0.712. The topological polar surface area (TPSA) is 12.9 Å². The van der Waals surface area contributed by atoms with Crippen LogP contribution in [0.4, 0.5) is 0 Å². The molecule has 1 nitrogen and oxygen atoms in total. The van der Waals surface area contributed by atoms with Crippen molar-refractivity contribution in [2.24, 2.45) is 0 Å². The molecule has 1 aromatic heterocycles. The second-order valence-electron chi connectivity index (χ2n) is 3.07. The normalized spacial score (nSPS) is 13.1. The maximum Gasteiger partial charge on any atom is 0.150 e. The van der Waals surface area contributed by atoms with Gasteiger partial charge in [-0.25, -0.2) is 0 Å². The summed E-state index contributed by atoms with van der Waals surface area (Å²) in [7, 11) is 0.712. The predicted octanol–water partition coefficient (Wildman–Crippen LogP) is 1.20. The average Bonchev–Trinajstić information content (AvgIpc) is 2.26. The van der Waals surface area contributed by atoms with E-state index in [-0.39, 0.29) is 0 Å². The highest BCUT2D eigenvalue weighted by atomic mass is 32.2. The summed E-state index contributed by atoms with van der Waals surface area (Å²) in [5, 5.41) is 2.65. The van der Waals surface area contributed by atoms with Crippen molar-refractivity contribution >= 4 is 31.8 Å². The maximum absolute atomic E-state index is 4.41. The molecule has 0 N–H and O–H groups in total. The van der Waals surface area contributed by atoms with Gasteiger partial charge >= 0.3 is 0 Å². The number of aromatic nitrogens is 1. The highest BCUT2D eigenvalue weighted by Gasteiger charge is 2.16. The molecule has 66 valence electrons. The van der Waals surface area contributed by atoms with E-state index < -0.39 is 0 Å². The van der Waals surface area contributed by atoms with Crippen LogP contribution in [0.25, 0.3) is 0 Å². The number of benzene rings is 1. The van der Waals surface area contributed by atoms with Crippen LogP contribution in [0.5, 0.6) is 0 Å². The number of nitrogens with zero attached hydrogens (tertiary/aromatic N) is 1. The zero-order valence-electron chi connectivity index (χ0n) is 7.40. The van der Waals surface area contributed by atoms with E-state index in [9.17, 15) is 0 Å². The smallest absolute Gasteiger partial charge is 0.150 e. The third-order valence-electron chi connectivity index (χ3n) is 2.13. The molecule has 14 heavy (non-hydrogen) atoms. The molecular weight excluding hydrogens is 206 g/mol. The first-order valence-electron chi connectivity index (χ1n) is 4.42. The Balaban J connectivity index is 2.12. The molecule has 2 heterocycles. The van der Waals surface area contributed by atoms with Crippen LogP contribution in [0.2, 0.25) is 0 Å². The molecule has 0 fully saturated rings. The number of rotatable bonds is 0. The minimum Gasteiger partial charge on any atom is -0.265 e. The van der Waals surface area contributed by atoms with Gasteiger partial charge in [0.05, 0.1) is 0 Å². The summed E-state index contributed by atoms with van der Waals surface area (Å²) < 4.78 is 0. The third kappa shape index (κ3) is 1.29. The summed E-state index contributed by atoms with van der Waals surface area (Å²) in [6, 6.07) is 12.7. The summed E-state index contributed by atoms with van der Waals surface area (Å²) in [6.45, 7) is 0. The lowest BCUT2D eigenvalue weighted by molar-refractivity contribution is 1.29. The van der Waals surface area contributed by atoms with Crippen LogP contribution in [-0.2, 0) is 0 Å². The van der Waals surface area contributed by atoms with Crippen LogP contribution < -0.4 is 10.5 Å². The van der Waals surface area contributed by atoms with E-state index in [2.05, 4.69) is 35.3 Å². The Morgan fingerprint density at radius 1 is 1.00 bits per heavy atom. The molecule has 2 radical (unpaired) electrons. The van der Waals surface area contributed by atoms with E-state index in [1.165, 1.54) is 20.3 Å². The molecule has 2 aromatic rings. The second-order valence-corrected chi connectivity index (χ2v) is 5.42. The molecule has 0 saturated carbocycles. The first-order valence-corrected chi connectivity index (χ1v) is 6.24. The first-order chi connectivity index (χ1) is 6.93. The molecule has 3 rings (SSSR count). The molecular formula is C11H7NSSi. The van der Waals surface area contributed by atoms with Crippen molar-refractivity contribution in [1.82, 2.24) is 4.98 Å². The summed E-state index contributed by atoms with van der Waals surface area (Å²) >= 11 is 1.83. The Morgan fingerprint density at radius 3 is 2.86 bits per heavy atom. The summed E-state index contributed by atoms with van der Waals surface area (Å²) in [5.41, 5.74) is 0. The molecule has 0 unspecified atom stereocenters. The highest BCUT2D eigenvalue weighted by Crippen LogP contribution is 2.26. The molecule has 0 bridgehead atoms. The van der Waals surface area contributed by atoms with E-state index in [1.807, 2.05) is 24.0 Å². The maximum atomic E-state index is 4.41. The van der Waals surface area contributed by atoms with E-state index in [4.69, 9.17) is 0 Å². The van der Waals surface area contributed by atoms with Crippen molar-refractivity contribution in [2.75, 3.05) is 0 Å². The fourth-order valence-corrected chi connectivity index (χ4v) is 3.93. The molecule has 0 spiro atoms. The van der Waals surface area contributed by atoms with Gasteiger partial charge in [0.15, 0.2) is 9.52 Å². The highest BCUT2D eigenvalue weighted by molar-refractivity contribution is 8.00. The van der Waals surface area contributed by atoms with Gasteiger partial charge in [-0.2, -0.15) is 0 Å². The van der Waals surface area contributed by atoms with Crippen molar-refractivity contribution in [3.05, 3.63) is 42.6 Å². The number of hydrogen-bond acceptors (Lipinski definition) is 2. The zero-order valence-corrected chi connectivity index (χ0v) is 9.21. The standard InChI is InChI=1S/C11H7NSSi/c1-2-6-10-8(4-1)13-9-5-3-7-12-11(9)14-10/h1-7H. The van der Waals surface area contributed by atoms with Crippen LogP contribution in [-0.4, -0.2) is 14.5 Å². The lowest BCUT2D eigenvalue weighted by Crippen LogP contribution is -2.35. The number of pyridine rings is 1. The molecule has 1 aliphatic heterocycles. The van der Waals surface area contributed by atoms with Gasteiger partial charge in [-0.05, 0) is 23.4 Å². The quantitative estimate of drug-likeness (QED) is 0.521. The Kier molecular flexibility index (Phi) is 1.92. The number of fused-ring (bicyclic) bond motifs is 2. The van der Waals surface area contributed by atoms with Crippen LogP contribution in [0, 0.1) is 0 Å². The van der Waals surface area contributed by atoms with Crippen molar-refractivity contribution in [1.29, 1.82) is 0 Å². The zero-order chi connectivity index (χ0) is 9.38. The van der Waals surface area contributed by atoms with Gasteiger partial charge in [0.2, 0.25) is 0 Å². The Hall–Kier alpha value is -1.06. The summed E-state index contributed by atoms with van der Waals surface area (Å²) in [6.07, 6.45) is 1.88. The average molecular weight is 213 g/mol. The molecule has 3 heteroatoms. The van der Waals surface area contributed by atoms with Crippen LogP contribution >= 0.6 is 11.8 Å². The third-order valence-corrected chi connectivity index (χ3v) is 4.96. The lowest BCUT2D eigenvalue weighted by Gasteiger charge is -2.16. The Labute approximate surface area is 89.4 Å². The van der Waals surface area contributed by atoms with E-state index in [1.54, 1.807) is 0 Å². The van der Waals surface area contributed by atoms with Crippen molar-refractivity contribution in [3.63, 3.8) is 0 Å². The predicted molar refractivity (Wildman–Crippen MR) is 59.8 cm³/mol. The van der Waals surface area contributed by atoms with Gasteiger partial charge in [-0.15, -0.1) is 0 Å². The largest absolute Gasteiger partial charge is 0.265 e. The van der Waals surface area contributed by atoms with Gasteiger partial charge in [-0.3, -0.25) is 4.98 Å². The SMILES string of the molecule is c1ccc2c(c1)[Si]c1ncccc1S2. The van der Waals surface area contributed by atoms with E-state index >= 15 is 0 Å². The molecule has 1 aliphatic rings. The molecule has 0 saturated heterocycles. The minimum atomic E-state index is 0.712. The van der Waals surface area contributed by atoms with Crippen molar-refractivity contribution in [2.45, 2.75) is 9.79 Å². The van der Waals surface area contributed by atoms with E-state index in [0.717, 1.165) is 0 Å². The first kappa shape index (κ1) is 8.26. The van der Waals surface area contributed by atoms with Gasteiger partial charge < -0.3 is 0 Å². The van der Waals surface area contributed by atoms with Gasteiger partial charge in [0.25, 0.3) is 0 Å². The van der Waals surface area contributed by atoms with Crippen LogP contribution in [0.1, 0.15) is 0 Å². The molecule has 0 amide bonds. The molecule has 1 aromatic carbocycles. The van der Waals surface area contributed by atoms with E-state index in [0.29, 0.717) is 9.52 Å². The summed E-state index contributed by atoms with van der Waals surface area (Å²) in [4.78, 5) is 7.10. The van der Waals surface area contributed by atoms with Crippen molar-refractivity contribution < 1.29 is 0 Å². The van der Waals surface area contributed by atoms with Crippen LogP contribution in [0.15, 0.2) is 52.4 Å². The fourth-order valence-electron chi connectivity index (χ4n) is 1.47. The Morgan fingerprint density at radius 2 is 1.86 bits per heavy atom. The molecule has 0 atom stereocenters. The lowest BCUT2D eigenvalue weighted by atomic mass is 10.4. The Bertz CT molecular complexity index is 397. The van der Waals surface area contributed by atoms with Crippen molar-refractivity contribution in [3.8, 4) is 0 Å². The summed E-state index contributed by atoms with van der Waals surface area (Å²) in [5.74, 6) is 0.